The summed E-state index contributed by atoms with van der Waals surface area (Å²) < 4.78 is 11.5. The van der Waals surface area contributed by atoms with Crippen molar-refractivity contribution in [3.63, 3.8) is 0 Å². The minimum atomic E-state index is 0.261. The van der Waals surface area contributed by atoms with Gasteiger partial charge < -0.3 is 25.1 Å². The van der Waals surface area contributed by atoms with E-state index in [1.807, 2.05) is 18.2 Å². The quantitative estimate of drug-likeness (QED) is 0.741. The Morgan fingerprint density at radius 1 is 1.39 bits per heavy atom. The molecule has 0 unspecified atom stereocenters. The normalized spacial score (nSPS) is 23.3. The van der Waals surface area contributed by atoms with Gasteiger partial charge >= 0.3 is 0 Å². The predicted molar refractivity (Wildman–Crippen MR) is 87.8 cm³/mol. The highest BCUT2D eigenvalue weighted by atomic mass is 16.5. The van der Waals surface area contributed by atoms with Crippen LogP contribution in [0.3, 0.4) is 0 Å². The second-order valence-electron chi connectivity index (χ2n) is 6.17. The zero-order chi connectivity index (χ0) is 15.6. The largest absolute Gasteiger partial charge is 0.496 e. The van der Waals surface area contributed by atoms with E-state index >= 15 is 0 Å². The van der Waals surface area contributed by atoms with Crippen molar-refractivity contribution in [1.82, 2.24) is 15.3 Å². The Morgan fingerprint density at radius 3 is 3.04 bits per heavy atom. The van der Waals surface area contributed by atoms with Gasteiger partial charge in [0.1, 0.15) is 16.8 Å². The number of rotatable bonds is 2. The topological polar surface area (TPSA) is 89.4 Å². The third kappa shape index (κ3) is 1.74. The average molecular weight is 311 g/mol. The second-order valence-corrected chi connectivity index (χ2v) is 6.17. The minimum absolute atomic E-state index is 0.261. The smallest absolute Gasteiger partial charge is 0.222 e. The van der Waals surface area contributed by atoms with Gasteiger partial charge in [-0.05, 0) is 18.6 Å². The van der Waals surface area contributed by atoms with Crippen LogP contribution in [-0.4, -0.2) is 42.3 Å². The number of nitrogens with two attached hydrogens (primary N) is 1. The maximum Gasteiger partial charge on any atom is 0.222 e. The number of nitrogens with one attached hydrogen (secondary N) is 1. The summed E-state index contributed by atoms with van der Waals surface area (Å²) in [7, 11) is 1.64. The van der Waals surface area contributed by atoms with Gasteiger partial charge in [0.2, 0.25) is 5.95 Å². The molecule has 7 heteroatoms. The Kier molecular flexibility index (Phi) is 2.52. The lowest BCUT2D eigenvalue weighted by atomic mass is 10.2. The Hall–Kier alpha value is -2.54. The first-order chi connectivity index (χ1) is 11.2. The number of benzene rings is 1. The Balaban J connectivity index is 1.80. The molecule has 5 rings (SSSR count). The third-order valence-corrected chi connectivity index (χ3v) is 4.85. The number of aromatic nitrogens is 2. The molecule has 3 aromatic rings. The molecule has 2 aliphatic rings. The van der Waals surface area contributed by atoms with Crippen LogP contribution in [0.1, 0.15) is 6.42 Å². The van der Waals surface area contributed by atoms with E-state index in [2.05, 4.69) is 20.2 Å². The van der Waals surface area contributed by atoms with Crippen molar-refractivity contribution in [2.45, 2.75) is 18.5 Å². The lowest BCUT2D eigenvalue weighted by Gasteiger charge is -2.28. The molecule has 2 bridgehead atoms. The molecule has 0 spiro atoms. The Morgan fingerprint density at radius 2 is 2.30 bits per heavy atom. The van der Waals surface area contributed by atoms with Crippen molar-refractivity contribution in [3.8, 4) is 5.75 Å². The number of ether oxygens (including phenoxy) is 1. The van der Waals surface area contributed by atoms with Crippen LogP contribution in [-0.2, 0) is 0 Å². The van der Waals surface area contributed by atoms with Crippen LogP contribution < -0.4 is 20.7 Å². The highest BCUT2D eigenvalue weighted by molar-refractivity contribution is 6.09. The molecule has 23 heavy (non-hydrogen) atoms. The fourth-order valence-corrected chi connectivity index (χ4v) is 3.84. The van der Waals surface area contributed by atoms with Crippen LogP contribution in [0.15, 0.2) is 22.6 Å². The zero-order valence-corrected chi connectivity index (χ0v) is 12.7. The summed E-state index contributed by atoms with van der Waals surface area (Å²) in [6, 6.07) is 6.67. The summed E-state index contributed by atoms with van der Waals surface area (Å²) in [6.07, 6.45) is 1.13. The fraction of sp³-hybridized carbons (Fsp3) is 0.375. The summed E-state index contributed by atoms with van der Waals surface area (Å²) in [5.74, 6) is 1.78. The van der Waals surface area contributed by atoms with Gasteiger partial charge in [-0.25, -0.2) is 4.98 Å². The van der Waals surface area contributed by atoms with Crippen LogP contribution in [0.4, 0.5) is 11.8 Å². The maximum atomic E-state index is 6.08. The van der Waals surface area contributed by atoms with Gasteiger partial charge in [0.25, 0.3) is 0 Å². The van der Waals surface area contributed by atoms with E-state index in [0.717, 1.165) is 47.6 Å². The maximum absolute atomic E-state index is 6.08. The second kappa shape index (κ2) is 4.48. The first-order valence-corrected chi connectivity index (χ1v) is 7.77. The number of hydrogen-bond acceptors (Lipinski definition) is 7. The predicted octanol–water partition coefficient (Wildman–Crippen LogP) is 1.52. The molecule has 0 saturated carbocycles. The van der Waals surface area contributed by atoms with Crippen molar-refractivity contribution in [2.24, 2.45) is 0 Å². The molecule has 0 aliphatic carbocycles. The van der Waals surface area contributed by atoms with Crippen LogP contribution in [0.5, 0.6) is 5.75 Å². The first kappa shape index (κ1) is 13.0. The molecule has 2 fully saturated rings. The molecule has 3 N–H and O–H groups in total. The van der Waals surface area contributed by atoms with Gasteiger partial charge in [-0.2, -0.15) is 4.98 Å². The highest BCUT2D eigenvalue weighted by Crippen LogP contribution is 2.40. The van der Waals surface area contributed by atoms with E-state index in [0.29, 0.717) is 17.7 Å². The van der Waals surface area contributed by atoms with Gasteiger partial charge in [0.15, 0.2) is 11.4 Å². The van der Waals surface area contributed by atoms with Crippen LogP contribution >= 0.6 is 0 Å². The summed E-state index contributed by atoms with van der Waals surface area (Å²) in [5, 5.41) is 4.35. The molecule has 0 radical (unpaired) electrons. The van der Waals surface area contributed by atoms with Gasteiger partial charge in [0, 0.05) is 25.2 Å². The minimum Gasteiger partial charge on any atom is -0.496 e. The van der Waals surface area contributed by atoms with Crippen LogP contribution in [0, 0.1) is 0 Å². The van der Waals surface area contributed by atoms with E-state index in [9.17, 15) is 0 Å². The Bertz CT molecular complexity index is 922. The monoisotopic (exact) mass is 311 g/mol. The molecule has 0 amide bonds. The first-order valence-electron chi connectivity index (χ1n) is 7.77. The molecular weight excluding hydrogens is 294 g/mol. The van der Waals surface area contributed by atoms with Crippen molar-refractivity contribution < 1.29 is 9.15 Å². The SMILES string of the molecule is COc1cccc2oc3c(N4C[C@@H]5C[C@H]4CN5)nc(N)nc3c12. The summed E-state index contributed by atoms with van der Waals surface area (Å²) in [4.78, 5) is 11.2. The van der Waals surface area contributed by atoms with E-state index < -0.39 is 0 Å². The summed E-state index contributed by atoms with van der Waals surface area (Å²) in [6.45, 7) is 1.89. The van der Waals surface area contributed by atoms with Gasteiger partial charge in [-0.3, -0.25) is 0 Å². The number of nitrogens with zero attached hydrogens (tertiary/aromatic N) is 3. The number of anilines is 2. The lowest BCUT2D eigenvalue weighted by Crippen LogP contribution is -2.44. The number of fused-ring (bicyclic) bond motifs is 5. The average Bonchev–Trinajstić information content (AvgIpc) is 3.26. The number of methoxy groups -OCH3 is 1. The van der Waals surface area contributed by atoms with Crippen molar-refractivity contribution >= 4 is 33.8 Å². The van der Waals surface area contributed by atoms with E-state index in [-0.39, 0.29) is 5.95 Å². The number of furan rings is 1. The van der Waals surface area contributed by atoms with E-state index in [1.54, 1.807) is 7.11 Å². The van der Waals surface area contributed by atoms with Crippen molar-refractivity contribution in [3.05, 3.63) is 18.2 Å². The highest BCUT2D eigenvalue weighted by Gasteiger charge is 2.39. The summed E-state index contributed by atoms with van der Waals surface area (Å²) >= 11 is 0. The van der Waals surface area contributed by atoms with E-state index in [1.165, 1.54) is 0 Å². The number of nitrogen functional groups attached to an aromatic ring is 1. The van der Waals surface area contributed by atoms with Crippen molar-refractivity contribution in [2.75, 3.05) is 30.8 Å². The molecular formula is C16H17N5O2. The lowest BCUT2D eigenvalue weighted by molar-refractivity contribution is 0.420. The summed E-state index contributed by atoms with van der Waals surface area (Å²) in [5.41, 5.74) is 8.13. The molecule has 1 aromatic carbocycles. The number of piperazine rings is 1. The molecule has 2 atom stereocenters. The molecule has 4 heterocycles. The van der Waals surface area contributed by atoms with Gasteiger partial charge in [-0.15, -0.1) is 0 Å². The van der Waals surface area contributed by atoms with E-state index in [4.69, 9.17) is 14.9 Å². The molecule has 2 aromatic heterocycles. The number of hydrogen-bond donors (Lipinski definition) is 2. The standard InChI is InChI=1S/C16H17N5O2/c1-22-10-3-2-4-11-12(10)13-14(23-11)15(20-16(17)19-13)21-7-8-5-9(21)6-18-8/h2-4,8-9,18H,5-7H2,1H3,(H2,17,19,20)/t8-,9-/m0/s1. The molecule has 118 valence electrons. The van der Waals surface area contributed by atoms with Crippen LogP contribution in [0.2, 0.25) is 0 Å². The van der Waals surface area contributed by atoms with Crippen LogP contribution in [0.25, 0.3) is 22.1 Å². The van der Waals surface area contributed by atoms with Crippen molar-refractivity contribution in [1.29, 1.82) is 0 Å². The van der Waals surface area contributed by atoms with Gasteiger partial charge in [0.05, 0.1) is 12.5 Å². The molecule has 7 nitrogen and oxygen atoms in total. The van der Waals surface area contributed by atoms with Gasteiger partial charge in [-0.1, -0.05) is 6.07 Å². The zero-order valence-electron chi connectivity index (χ0n) is 12.7. The third-order valence-electron chi connectivity index (χ3n) is 4.85. The Labute approximate surface area is 132 Å². The fourth-order valence-electron chi connectivity index (χ4n) is 3.84. The molecule has 2 aliphatic heterocycles. The molecule has 2 saturated heterocycles.